The van der Waals surface area contributed by atoms with E-state index in [-0.39, 0.29) is 0 Å². The van der Waals surface area contributed by atoms with Gasteiger partial charge < -0.3 is 14.2 Å². The topological polar surface area (TPSA) is 86.2 Å². The third kappa shape index (κ3) is 5.70. The zero-order chi connectivity index (χ0) is 22.2. The molecule has 158 valence electrons. The highest BCUT2D eigenvalue weighted by atomic mass is 79.9. The molecule has 0 fully saturated rings. The molecule has 0 aliphatic heterocycles. The van der Waals surface area contributed by atoms with Crippen molar-refractivity contribution in [3.63, 3.8) is 0 Å². The first-order valence-corrected chi connectivity index (χ1v) is 9.93. The van der Waals surface area contributed by atoms with Crippen molar-refractivity contribution in [1.82, 2.24) is 5.43 Å². The maximum atomic E-state index is 12.5. The molecule has 1 amide bonds. The standard InChI is InChI=1S/C23H19BrN2O5/c1-29-18-10-7-15(8-11-18)23(28)31-20-12-9-17(24)13-16(20)14-25-26-22(27)19-5-3-4-6-21(19)30-2/h3-14H,1-2H3,(H,26,27). The van der Waals surface area contributed by atoms with Gasteiger partial charge in [0.2, 0.25) is 0 Å². The van der Waals surface area contributed by atoms with Crippen LogP contribution in [0.25, 0.3) is 0 Å². The molecule has 8 heteroatoms. The number of ether oxygens (including phenoxy) is 3. The van der Waals surface area contributed by atoms with Crippen LogP contribution < -0.4 is 19.6 Å². The van der Waals surface area contributed by atoms with E-state index in [2.05, 4.69) is 26.5 Å². The highest BCUT2D eigenvalue weighted by Gasteiger charge is 2.13. The number of esters is 1. The Morgan fingerprint density at radius 3 is 2.39 bits per heavy atom. The Bertz CT molecular complexity index is 1110. The van der Waals surface area contributed by atoms with Crippen LogP contribution in [0.2, 0.25) is 0 Å². The summed E-state index contributed by atoms with van der Waals surface area (Å²) in [7, 11) is 3.04. The quantitative estimate of drug-likeness (QED) is 0.232. The van der Waals surface area contributed by atoms with E-state index < -0.39 is 11.9 Å². The Labute approximate surface area is 187 Å². The first-order valence-electron chi connectivity index (χ1n) is 9.14. The second kappa shape index (κ2) is 10.4. The third-order valence-corrected chi connectivity index (χ3v) is 4.71. The molecule has 0 heterocycles. The van der Waals surface area contributed by atoms with Crippen molar-refractivity contribution in [2.75, 3.05) is 14.2 Å². The average Bonchev–Trinajstić information content (AvgIpc) is 2.80. The summed E-state index contributed by atoms with van der Waals surface area (Å²) in [6.45, 7) is 0. The summed E-state index contributed by atoms with van der Waals surface area (Å²) < 4.78 is 16.5. The molecular formula is C23H19BrN2O5. The van der Waals surface area contributed by atoms with Crippen molar-refractivity contribution in [1.29, 1.82) is 0 Å². The van der Waals surface area contributed by atoms with Crippen LogP contribution in [-0.4, -0.2) is 32.3 Å². The Hall–Kier alpha value is -3.65. The highest BCUT2D eigenvalue weighted by molar-refractivity contribution is 9.10. The zero-order valence-corrected chi connectivity index (χ0v) is 18.4. The number of carbonyl (C=O) groups excluding carboxylic acids is 2. The lowest BCUT2D eigenvalue weighted by Crippen LogP contribution is -2.18. The van der Waals surface area contributed by atoms with E-state index in [0.29, 0.717) is 33.9 Å². The van der Waals surface area contributed by atoms with Gasteiger partial charge in [-0.05, 0) is 54.6 Å². The summed E-state index contributed by atoms with van der Waals surface area (Å²) in [6, 6.07) is 18.5. The van der Waals surface area contributed by atoms with Crippen LogP contribution in [0.1, 0.15) is 26.3 Å². The van der Waals surface area contributed by atoms with E-state index in [1.54, 1.807) is 73.8 Å². The molecular weight excluding hydrogens is 464 g/mol. The van der Waals surface area contributed by atoms with E-state index in [0.717, 1.165) is 4.47 Å². The van der Waals surface area contributed by atoms with Gasteiger partial charge in [-0.1, -0.05) is 28.1 Å². The number of nitrogens with zero attached hydrogens (tertiary/aromatic N) is 1. The van der Waals surface area contributed by atoms with Crippen LogP contribution in [0.15, 0.2) is 76.3 Å². The van der Waals surface area contributed by atoms with Crippen molar-refractivity contribution >= 4 is 34.0 Å². The second-order valence-corrected chi connectivity index (χ2v) is 7.12. The molecule has 0 atom stereocenters. The smallest absolute Gasteiger partial charge is 0.343 e. The SMILES string of the molecule is COc1ccc(C(=O)Oc2ccc(Br)cc2C=NNC(=O)c2ccccc2OC)cc1. The lowest BCUT2D eigenvalue weighted by Gasteiger charge is -2.09. The lowest BCUT2D eigenvalue weighted by molar-refractivity contribution is 0.0734. The second-order valence-electron chi connectivity index (χ2n) is 6.20. The van der Waals surface area contributed by atoms with Crippen molar-refractivity contribution in [3.05, 3.63) is 87.9 Å². The summed E-state index contributed by atoms with van der Waals surface area (Å²) in [5, 5.41) is 3.99. The summed E-state index contributed by atoms with van der Waals surface area (Å²) in [5.74, 6) is 0.406. The molecule has 3 aromatic rings. The number of para-hydroxylation sites is 1. The molecule has 0 aromatic heterocycles. The van der Waals surface area contributed by atoms with Crippen LogP contribution in [-0.2, 0) is 0 Å². The predicted octanol–water partition coefficient (Wildman–Crippen LogP) is 4.45. The Balaban J connectivity index is 1.74. The first kappa shape index (κ1) is 22.0. The van der Waals surface area contributed by atoms with Gasteiger partial charge in [0.05, 0.1) is 31.6 Å². The number of hydrazone groups is 1. The molecule has 0 aliphatic rings. The number of amides is 1. The normalized spacial score (nSPS) is 10.5. The summed E-state index contributed by atoms with van der Waals surface area (Å²) in [6.07, 6.45) is 1.40. The Morgan fingerprint density at radius 1 is 0.935 bits per heavy atom. The van der Waals surface area contributed by atoms with Crippen molar-refractivity contribution in [2.45, 2.75) is 0 Å². The van der Waals surface area contributed by atoms with E-state index in [4.69, 9.17) is 14.2 Å². The van der Waals surface area contributed by atoms with E-state index in [1.165, 1.54) is 13.3 Å². The maximum Gasteiger partial charge on any atom is 0.343 e. The summed E-state index contributed by atoms with van der Waals surface area (Å²) in [5.41, 5.74) is 3.67. The number of methoxy groups -OCH3 is 2. The van der Waals surface area contributed by atoms with Gasteiger partial charge in [0.25, 0.3) is 5.91 Å². The Morgan fingerprint density at radius 2 is 1.68 bits per heavy atom. The van der Waals surface area contributed by atoms with Crippen molar-refractivity contribution in [2.24, 2.45) is 5.10 Å². The number of halogens is 1. The van der Waals surface area contributed by atoms with Crippen LogP contribution >= 0.6 is 15.9 Å². The maximum absolute atomic E-state index is 12.5. The van der Waals surface area contributed by atoms with Crippen molar-refractivity contribution in [3.8, 4) is 17.2 Å². The number of hydrogen-bond donors (Lipinski definition) is 1. The fraction of sp³-hybridized carbons (Fsp3) is 0.0870. The van der Waals surface area contributed by atoms with Crippen LogP contribution in [0.3, 0.4) is 0 Å². The molecule has 0 aliphatic carbocycles. The molecule has 0 saturated carbocycles. The fourth-order valence-electron chi connectivity index (χ4n) is 2.65. The first-order chi connectivity index (χ1) is 15.0. The molecule has 1 N–H and O–H groups in total. The number of hydrogen-bond acceptors (Lipinski definition) is 6. The molecule has 0 unspecified atom stereocenters. The molecule has 0 saturated heterocycles. The highest BCUT2D eigenvalue weighted by Crippen LogP contribution is 2.23. The average molecular weight is 483 g/mol. The number of benzene rings is 3. The minimum absolute atomic E-state index is 0.291. The zero-order valence-electron chi connectivity index (χ0n) is 16.8. The monoisotopic (exact) mass is 482 g/mol. The van der Waals surface area contributed by atoms with E-state index in [9.17, 15) is 9.59 Å². The minimum atomic E-state index is -0.530. The molecule has 31 heavy (non-hydrogen) atoms. The van der Waals surface area contributed by atoms with Crippen molar-refractivity contribution < 1.29 is 23.8 Å². The third-order valence-electron chi connectivity index (χ3n) is 4.22. The largest absolute Gasteiger partial charge is 0.497 e. The van der Waals surface area contributed by atoms with Crippen LogP contribution in [0, 0.1) is 0 Å². The molecule has 0 radical (unpaired) electrons. The number of nitrogens with one attached hydrogen (secondary N) is 1. The van der Waals surface area contributed by atoms with Gasteiger partial charge in [-0.2, -0.15) is 5.10 Å². The van der Waals surface area contributed by atoms with Crippen LogP contribution in [0.4, 0.5) is 0 Å². The minimum Gasteiger partial charge on any atom is -0.497 e. The number of carbonyl (C=O) groups is 2. The van der Waals surface area contributed by atoms with Gasteiger partial charge in [-0.3, -0.25) is 4.79 Å². The van der Waals surface area contributed by atoms with Gasteiger partial charge in [0, 0.05) is 10.0 Å². The van der Waals surface area contributed by atoms with Gasteiger partial charge in [0.15, 0.2) is 0 Å². The fourth-order valence-corrected chi connectivity index (χ4v) is 3.03. The van der Waals surface area contributed by atoms with Gasteiger partial charge in [0.1, 0.15) is 17.2 Å². The van der Waals surface area contributed by atoms with Crippen LogP contribution in [0.5, 0.6) is 17.2 Å². The van der Waals surface area contributed by atoms with E-state index >= 15 is 0 Å². The molecule has 3 rings (SSSR count). The Kier molecular flexibility index (Phi) is 7.40. The summed E-state index contributed by atoms with van der Waals surface area (Å²) in [4.78, 5) is 24.9. The molecule has 3 aromatic carbocycles. The predicted molar refractivity (Wildman–Crippen MR) is 120 cm³/mol. The molecule has 7 nitrogen and oxygen atoms in total. The molecule has 0 bridgehead atoms. The van der Waals surface area contributed by atoms with Gasteiger partial charge in [-0.15, -0.1) is 0 Å². The van der Waals surface area contributed by atoms with Gasteiger partial charge in [-0.25, -0.2) is 10.2 Å². The summed E-state index contributed by atoms with van der Waals surface area (Å²) >= 11 is 3.38. The van der Waals surface area contributed by atoms with Gasteiger partial charge >= 0.3 is 5.97 Å². The van der Waals surface area contributed by atoms with E-state index in [1.807, 2.05) is 0 Å². The molecule has 0 spiro atoms. The lowest BCUT2D eigenvalue weighted by atomic mass is 10.2. The number of rotatable bonds is 7.